The van der Waals surface area contributed by atoms with Crippen LogP contribution in [0.1, 0.15) is 448 Å². The lowest BCUT2D eigenvalue weighted by molar-refractivity contribution is -0.144. The molecular formula is C101H176N6O10. The van der Waals surface area contributed by atoms with Crippen LogP contribution in [0.3, 0.4) is 0 Å². The van der Waals surface area contributed by atoms with Crippen LogP contribution >= 0.6 is 0 Å². The van der Waals surface area contributed by atoms with E-state index >= 15 is 0 Å². The van der Waals surface area contributed by atoms with E-state index in [1.165, 1.54) is 329 Å². The highest BCUT2D eigenvalue weighted by molar-refractivity contribution is 6.13. The minimum Gasteiger partial charge on any atom is -0.353 e. The molecule has 2 saturated heterocycles. The number of allylic oxidation sites excluding steroid dienone is 1. The van der Waals surface area contributed by atoms with Gasteiger partial charge in [-0.3, -0.25) is 62.6 Å². The van der Waals surface area contributed by atoms with Gasteiger partial charge in [-0.1, -0.05) is 331 Å². The average molecular weight is 1630 g/mol. The van der Waals surface area contributed by atoms with Gasteiger partial charge < -0.3 is 15.1 Å². The summed E-state index contributed by atoms with van der Waals surface area (Å²) in [5.41, 5.74) is -0.430. The molecule has 117 heavy (non-hydrogen) atoms. The second kappa shape index (κ2) is 61.3. The molecule has 0 bridgehead atoms. The number of imide groups is 3. The number of nitrogens with zero attached hydrogens (tertiary/aromatic N) is 5. The average Bonchev–Trinajstić information content (AvgIpc) is 1.63. The van der Waals surface area contributed by atoms with E-state index in [9.17, 15) is 47.9 Å². The molecule has 2 saturated carbocycles. The predicted molar refractivity (Wildman–Crippen MR) is 480 cm³/mol. The summed E-state index contributed by atoms with van der Waals surface area (Å²) in [6, 6.07) is -1.63. The highest BCUT2D eigenvalue weighted by atomic mass is 16.2. The van der Waals surface area contributed by atoms with Crippen LogP contribution < -0.4 is 5.32 Å². The van der Waals surface area contributed by atoms with E-state index in [1.54, 1.807) is 9.80 Å². The molecule has 670 valence electrons. The molecule has 3 aliphatic heterocycles. The number of amides is 9. The van der Waals surface area contributed by atoms with Gasteiger partial charge in [0, 0.05) is 71.3 Å². The van der Waals surface area contributed by atoms with Gasteiger partial charge in [0.05, 0.1) is 12.8 Å². The molecule has 0 aromatic heterocycles. The molecule has 3 heterocycles. The van der Waals surface area contributed by atoms with Gasteiger partial charge in [-0.25, -0.2) is 0 Å². The van der Waals surface area contributed by atoms with Crippen molar-refractivity contribution in [3.63, 3.8) is 0 Å². The largest absolute Gasteiger partial charge is 0.353 e. The summed E-state index contributed by atoms with van der Waals surface area (Å²) < 4.78 is 0. The molecule has 16 nitrogen and oxygen atoms in total. The maximum absolute atomic E-state index is 14.2. The van der Waals surface area contributed by atoms with Gasteiger partial charge in [0.25, 0.3) is 23.6 Å². The van der Waals surface area contributed by atoms with Crippen molar-refractivity contribution < 1.29 is 47.9 Å². The Hall–Kier alpha value is -5.02. The van der Waals surface area contributed by atoms with Crippen molar-refractivity contribution in [1.29, 1.82) is 0 Å². The second-order valence-electron chi connectivity index (χ2n) is 38.6. The number of carbonyl (C=O) groups excluding carboxylic acids is 10. The molecule has 0 spiro atoms. The van der Waals surface area contributed by atoms with Crippen LogP contribution in [-0.2, 0) is 47.9 Å². The van der Waals surface area contributed by atoms with Crippen molar-refractivity contribution in [3.05, 3.63) is 24.3 Å². The topological polar surface area (TPSA) is 199 Å². The number of hydrogen-bond donors (Lipinski definition) is 1. The van der Waals surface area contributed by atoms with E-state index in [4.69, 9.17) is 0 Å². The van der Waals surface area contributed by atoms with Crippen LogP contribution in [0.25, 0.3) is 0 Å². The molecule has 0 aromatic carbocycles. The molecule has 0 radical (unpaired) electrons. The van der Waals surface area contributed by atoms with Crippen LogP contribution in [0.4, 0.5) is 0 Å². The molecule has 16 heteroatoms. The first-order chi connectivity index (χ1) is 56.7. The Morgan fingerprint density at radius 2 is 0.718 bits per heavy atom. The number of unbranched alkanes of at least 4 members (excludes halogenated alkanes) is 36. The smallest absolute Gasteiger partial charge is 0.253 e. The quantitative estimate of drug-likeness (QED) is 0.0264. The molecule has 2 aliphatic carbocycles. The zero-order chi connectivity index (χ0) is 84.8. The minimum atomic E-state index is -0.826. The predicted octanol–water partition coefficient (Wildman–Crippen LogP) is 24.1. The summed E-state index contributed by atoms with van der Waals surface area (Å²) >= 11 is 0. The molecule has 11 atom stereocenters. The van der Waals surface area contributed by atoms with E-state index < -0.39 is 17.5 Å². The monoisotopic (exact) mass is 1630 g/mol. The van der Waals surface area contributed by atoms with E-state index in [0.717, 1.165) is 131 Å². The number of likely N-dealkylation sites (tertiary alicyclic amines) is 2. The maximum atomic E-state index is 14.2. The highest BCUT2D eigenvalue weighted by Gasteiger charge is 2.46. The highest BCUT2D eigenvalue weighted by Crippen LogP contribution is 2.50. The number of nitrogens with one attached hydrogen (secondary N) is 1. The van der Waals surface area contributed by atoms with Gasteiger partial charge >= 0.3 is 0 Å². The number of rotatable bonds is 71. The number of hydrogen-bond acceptors (Lipinski definition) is 10. The fraction of sp³-hybridized carbons (Fsp3) is 0.861. The summed E-state index contributed by atoms with van der Waals surface area (Å²) in [7, 11) is 0. The van der Waals surface area contributed by atoms with Crippen LogP contribution in [0.15, 0.2) is 24.3 Å². The first kappa shape index (κ1) is 103. The molecule has 11 unspecified atom stereocenters. The van der Waals surface area contributed by atoms with Crippen LogP contribution in [0, 0.1) is 58.7 Å². The fourth-order valence-corrected chi connectivity index (χ4v) is 21.9. The SMILES string of the molecule is CCCCCCCCC1C(CCCCCC)CCC(CCCCCCCCNC(=O)/C=C\C=O)C1CCCCCCCCN1C(=O)CC(N(CCC(C)CC(C)(C)CN(C(C)=O)C2CC(=O)N(CCCCCCCCC3C(CCCCCCCCN4C(=O)C=CC4=O)CCC(CCCCCC)C3CCCCCCCC)C2=O)C(C)=O)C1=O. The number of carbonyl (C=O) groups is 10. The normalized spacial score (nSPS) is 22.1. The summed E-state index contributed by atoms with van der Waals surface area (Å²) in [5, 5.41) is 2.88. The Kier molecular flexibility index (Phi) is 53.7. The summed E-state index contributed by atoms with van der Waals surface area (Å²) in [6.07, 6.45) is 77.5. The zero-order valence-electron chi connectivity index (χ0n) is 76.7. The van der Waals surface area contributed by atoms with Crippen molar-refractivity contribution in [2.24, 2.45) is 58.7 Å². The maximum Gasteiger partial charge on any atom is 0.253 e. The molecule has 4 fully saturated rings. The van der Waals surface area contributed by atoms with Gasteiger partial charge in [0.15, 0.2) is 0 Å². The van der Waals surface area contributed by atoms with Crippen LogP contribution in [-0.4, -0.2) is 135 Å². The Bertz CT molecular complexity index is 2860. The van der Waals surface area contributed by atoms with Gasteiger partial charge in [-0.2, -0.15) is 0 Å². The van der Waals surface area contributed by atoms with Crippen molar-refractivity contribution in [2.45, 2.75) is 460 Å². The summed E-state index contributed by atoms with van der Waals surface area (Å²) in [4.78, 5) is 136. The summed E-state index contributed by atoms with van der Waals surface area (Å²) in [6.45, 7) is 21.1. The lowest BCUT2D eigenvalue weighted by Gasteiger charge is -2.44. The third-order valence-electron chi connectivity index (χ3n) is 28.4. The third-order valence-corrected chi connectivity index (χ3v) is 28.4. The first-order valence-corrected chi connectivity index (χ1v) is 49.9. The Morgan fingerprint density at radius 1 is 0.419 bits per heavy atom. The van der Waals surface area contributed by atoms with Crippen LogP contribution in [0.2, 0.25) is 0 Å². The molecule has 0 aromatic rings. The molecule has 1 N–H and O–H groups in total. The van der Waals surface area contributed by atoms with Crippen molar-refractivity contribution in [2.75, 3.05) is 39.3 Å². The van der Waals surface area contributed by atoms with Crippen molar-refractivity contribution in [3.8, 4) is 0 Å². The lowest BCUT2D eigenvalue weighted by atomic mass is 9.61. The van der Waals surface area contributed by atoms with Gasteiger partial charge in [0.1, 0.15) is 18.4 Å². The Morgan fingerprint density at radius 3 is 1.06 bits per heavy atom. The second-order valence-corrected chi connectivity index (χ2v) is 38.6. The first-order valence-electron chi connectivity index (χ1n) is 49.9. The Balaban J connectivity index is 1.04. The number of aldehydes is 1. The minimum absolute atomic E-state index is 0.00131. The van der Waals surface area contributed by atoms with E-state index in [-0.39, 0.29) is 71.9 Å². The van der Waals surface area contributed by atoms with Gasteiger partial charge in [-0.15, -0.1) is 0 Å². The Labute approximate surface area is 715 Å². The summed E-state index contributed by atoms with van der Waals surface area (Å²) in [5.74, 6) is 4.77. The standard InChI is InChI=1S/C101H176N6O10/c1-10-14-18-22-34-46-59-88-84(55-42-20-16-12-3)64-66-86(57-44-32-24-28-38-50-71-102-94(111)63-54-76-108)90(88)61-48-36-26-30-40-52-73-105-97(114)77-92(99(105)116)103(82(6)109)75-70-81(5)79-101(8,9)80-107(83(7)110)93-78-98(115)106(100(93)117)74-53-41-31-27-37-49-62-91-87(58-45-33-25-29-39-51-72-104-95(112)68-69-96(104)113)67-65-85(56-43-21-17-13-4)89(91)60-47-35-23-19-15-11-2/h54,63,68-69,76,81,84-93H,10-53,55-62,64-67,70-75,77-80H2,1-9H3,(H,102,111)/b63-54-. The van der Waals surface area contributed by atoms with Crippen molar-refractivity contribution in [1.82, 2.24) is 29.8 Å². The van der Waals surface area contributed by atoms with Crippen molar-refractivity contribution >= 4 is 59.5 Å². The van der Waals surface area contributed by atoms with E-state index in [0.29, 0.717) is 58.4 Å². The molecule has 5 aliphatic rings. The van der Waals surface area contributed by atoms with Gasteiger partial charge in [0.2, 0.25) is 29.5 Å². The fourth-order valence-electron chi connectivity index (χ4n) is 21.9. The molecule has 9 amide bonds. The molecular weight excluding hydrogens is 1460 g/mol. The third kappa shape index (κ3) is 39.8. The molecule has 5 rings (SSSR count). The lowest BCUT2D eigenvalue weighted by Crippen LogP contribution is -2.48. The van der Waals surface area contributed by atoms with Crippen LogP contribution in [0.5, 0.6) is 0 Å². The van der Waals surface area contributed by atoms with Gasteiger partial charge in [-0.05, 0) is 155 Å². The van der Waals surface area contributed by atoms with E-state index in [1.807, 2.05) is 0 Å². The zero-order valence-corrected chi connectivity index (χ0v) is 76.7. The van der Waals surface area contributed by atoms with E-state index in [2.05, 4.69) is 53.8 Å².